The summed E-state index contributed by atoms with van der Waals surface area (Å²) in [6, 6.07) is 1.61. The number of fused-ring (bicyclic) bond motifs is 1. The van der Waals surface area contributed by atoms with Gasteiger partial charge in [-0.2, -0.15) is 4.31 Å². The molecule has 0 radical (unpaired) electrons. The van der Waals surface area contributed by atoms with Gasteiger partial charge in [0.25, 0.3) is 5.71 Å². The van der Waals surface area contributed by atoms with Crippen molar-refractivity contribution in [2.24, 2.45) is 11.1 Å². The fourth-order valence-electron chi connectivity index (χ4n) is 2.93. The molecule has 0 spiro atoms. The molecule has 1 fully saturated rings. The van der Waals surface area contributed by atoms with Crippen molar-refractivity contribution in [3.8, 4) is 0 Å². The number of nitrogens with zero attached hydrogens (tertiary/aromatic N) is 3. The molecule has 0 bridgehead atoms. The number of pyridine rings is 1. The second-order valence-corrected chi connectivity index (χ2v) is 8.67. The molecular formula is C15H22N4O3S. The second kappa shape index (κ2) is 5.54. The van der Waals surface area contributed by atoms with Crippen LogP contribution in [0.1, 0.15) is 32.9 Å². The maximum Gasteiger partial charge on any atom is 0.258 e. The maximum atomic E-state index is 12.9. The topological polar surface area (TPSA) is 102 Å². The molecule has 23 heavy (non-hydrogen) atoms. The van der Waals surface area contributed by atoms with E-state index in [0.29, 0.717) is 42.7 Å². The van der Waals surface area contributed by atoms with Crippen LogP contribution in [-0.2, 0) is 16.4 Å². The first-order valence-corrected chi connectivity index (χ1v) is 9.20. The maximum absolute atomic E-state index is 12.9. The van der Waals surface area contributed by atoms with Crippen molar-refractivity contribution >= 4 is 21.1 Å². The third kappa shape index (κ3) is 2.75. The zero-order valence-electron chi connectivity index (χ0n) is 13.6. The monoisotopic (exact) mass is 338 g/mol. The quantitative estimate of drug-likeness (QED) is 0.910. The molecule has 7 nitrogen and oxygen atoms in total. The van der Waals surface area contributed by atoms with Crippen LogP contribution in [0, 0.1) is 5.41 Å². The number of aromatic nitrogens is 2. The molecule has 0 saturated carbocycles. The van der Waals surface area contributed by atoms with Crippen molar-refractivity contribution in [1.29, 1.82) is 0 Å². The van der Waals surface area contributed by atoms with E-state index in [1.165, 1.54) is 10.5 Å². The standard InChI is InChI=1S/C15H22N4O3S/c1-4-12-11-7-10(8-17-14(11)22-18-12)23(20,21)19-6-5-13(16)15(2,3)9-19/h7-8,13H,4-6,9,16H2,1-3H3. The number of hydrogen-bond acceptors (Lipinski definition) is 6. The predicted molar refractivity (Wildman–Crippen MR) is 86.3 cm³/mol. The van der Waals surface area contributed by atoms with Gasteiger partial charge in [0, 0.05) is 19.1 Å². The van der Waals surface area contributed by atoms with E-state index in [9.17, 15) is 8.42 Å². The third-order valence-electron chi connectivity index (χ3n) is 4.63. The van der Waals surface area contributed by atoms with Crippen LogP contribution in [0.25, 0.3) is 11.1 Å². The van der Waals surface area contributed by atoms with Crippen LogP contribution in [0.5, 0.6) is 0 Å². The average molecular weight is 338 g/mol. The van der Waals surface area contributed by atoms with Gasteiger partial charge in [0.1, 0.15) is 4.90 Å². The highest BCUT2D eigenvalue weighted by Gasteiger charge is 2.39. The van der Waals surface area contributed by atoms with Crippen molar-refractivity contribution in [2.45, 2.75) is 44.6 Å². The molecule has 8 heteroatoms. The normalized spacial score (nSPS) is 22.5. The van der Waals surface area contributed by atoms with E-state index in [2.05, 4.69) is 10.1 Å². The van der Waals surface area contributed by atoms with Gasteiger partial charge < -0.3 is 10.3 Å². The highest BCUT2D eigenvalue weighted by molar-refractivity contribution is 7.89. The van der Waals surface area contributed by atoms with Crippen LogP contribution in [0.15, 0.2) is 21.7 Å². The Labute approximate surface area is 135 Å². The molecule has 1 aliphatic rings. The van der Waals surface area contributed by atoms with Gasteiger partial charge in [0.15, 0.2) is 0 Å². The van der Waals surface area contributed by atoms with Gasteiger partial charge in [-0.05, 0) is 24.3 Å². The molecule has 3 heterocycles. The lowest BCUT2D eigenvalue weighted by atomic mass is 9.81. The summed E-state index contributed by atoms with van der Waals surface area (Å²) in [6.07, 6.45) is 2.64. The van der Waals surface area contributed by atoms with E-state index in [1.54, 1.807) is 6.07 Å². The minimum absolute atomic E-state index is 0.000627. The minimum Gasteiger partial charge on any atom is -0.336 e. The summed E-state index contributed by atoms with van der Waals surface area (Å²) in [6.45, 7) is 6.76. The zero-order valence-corrected chi connectivity index (χ0v) is 14.4. The molecule has 1 aliphatic heterocycles. The number of piperidine rings is 1. The van der Waals surface area contributed by atoms with Crippen LogP contribution in [0.3, 0.4) is 0 Å². The van der Waals surface area contributed by atoms with E-state index in [-0.39, 0.29) is 16.4 Å². The van der Waals surface area contributed by atoms with Gasteiger partial charge in [-0.3, -0.25) is 0 Å². The van der Waals surface area contributed by atoms with Gasteiger partial charge in [-0.15, -0.1) is 0 Å². The molecule has 3 rings (SSSR count). The van der Waals surface area contributed by atoms with Crippen molar-refractivity contribution in [3.05, 3.63) is 18.0 Å². The van der Waals surface area contributed by atoms with Crippen molar-refractivity contribution in [3.63, 3.8) is 0 Å². The molecule has 1 saturated heterocycles. The summed E-state index contributed by atoms with van der Waals surface area (Å²) in [5, 5.41) is 4.57. The van der Waals surface area contributed by atoms with E-state index in [0.717, 1.165) is 0 Å². The highest BCUT2D eigenvalue weighted by atomic mass is 32.2. The van der Waals surface area contributed by atoms with Crippen molar-refractivity contribution < 1.29 is 12.9 Å². The smallest absolute Gasteiger partial charge is 0.258 e. The van der Waals surface area contributed by atoms with E-state index in [4.69, 9.17) is 10.3 Å². The van der Waals surface area contributed by atoms with E-state index >= 15 is 0 Å². The van der Waals surface area contributed by atoms with Gasteiger partial charge >= 0.3 is 0 Å². The number of hydrogen-bond donors (Lipinski definition) is 1. The highest BCUT2D eigenvalue weighted by Crippen LogP contribution is 2.32. The van der Waals surface area contributed by atoms with E-state index < -0.39 is 10.0 Å². The molecule has 0 aromatic carbocycles. The molecule has 1 unspecified atom stereocenters. The first-order chi connectivity index (χ1) is 10.8. The molecule has 2 aromatic rings. The number of aryl methyl sites for hydroxylation is 1. The average Bonchev–Trinajstić information content (AvgIpc) is 2.92. The fourth-order valence-corrected chi connectivity index (χ4v) is 4.53. The first-order valence-electron chi connectivity index (χ1n) is 7.76. The Hall–Kier alpha value is -1.51. The Morgan fingerprint density at radius 2 is 2.22 bits per heavy atom. The van der Waals surface area contributed by atoms with Gasteiger partial charge in [-0.25, -0.2) is 13.4 Å². The Kier molecular flexibility index (Phi) is 3.94. The zero-order chi connectivity index (χ0) is 16.8. The van der Waals surface area contributed by atoms with Gasteiger partial charge in [-0.1, -0.05) is 25.9 Å². The molecule has 2 aromatic heterocycles. The van der Waals surface area contributed by atoms with Crippen LogP contribution < -0.4 is 5.73 Å². The Morgan fingerprint density at radius 3 is 2.87 bits per heavy atom. The minimum atomic E-state index is -3.61. The second-order valence-electron chi connectivity index (χ2n) is 6.73. The Bertz CT molecular complexity index is 828. The van der Waals surface area contributed by atoms with Crippen LogP contribution in [-0.4, -0.2) is 42.0 Å². The molecule has 1 atom stereocenters. The van der Waals surface area contributed by atoms with Gasteiger partial charge in [0.2, 0.25) is 10.0 Å². The number of nitrogens with two attached hydrogens (primary N) is 1. The summed E-state index contributed by atoms with van der Waals surface area (Å²) in [4.78, 5) is 4.28. The molecule has 2 N–H and O–H groups in total. The first kappa shape index (κ1) is 16.4. The largest absolute Gasteiger partial charge is 0.336 e. The SMILES string of the molecule is CCc1noc2ncc(S(=O)(=O)N3CCC(N)C(C)(C)C3)cc12. The van der Waals surface area contributed by atoms with Crippen molar-refractivity contribution in [2.75, 3.05) is 13.1 Å². The van der Waals surface area contributed by atoms with E-state index in [1.807, 2.05) is 20.8 Å². The van der Waals surface area contributed by atoms with Gasteiger partial charge in [0.05, 0.1) is 17.3 Å². The predicted octanol–water partition coefficient (Wildman–Crippen LogP) is 1.53. The molecule has 0 amide bonds. The lowest BCUT2D eigenvalue weighted by molar-refractivity contribution is 0.155. The number of sulfonamides is 1. The molecule has 0 aliphatic carbocycles. The fraction of sp³-hybridized carbons (Fsp3) is 0.600. The number of rotatable bonds is 3. The molecular weight excluding hydrogens is 316 g/mol. The summed E-state index contributed by atoms with van der Waals surface area (Å²) in [5.41, 5.74) is 6.92. The summed E-state index contributed by atoms with van der Waals surface area (Å²) < 4.78 is 32.5. The Morgan fingerprint density at radius 1 is 1.48 bits per heavy atom. The Balaban J connectivity index is 1.99. The van der Waals surface area contributed by atoms with Crippen LogP contribution in [0.2, 0.25) is 0 Å². The lowest BCUT2D eigenvalue weighted by Gasteiger charge is -2.41. The lowest BCUT2D eigenvalue weighted by Crippen LogP contribution is -2.53. The van der Waals surface area contributed by atoms with Crippen LogP contribution in [0.4, 0.5) is 0 Å². The summed E-state index contributed by atoms with van der Waals surface area (Å²) in [5.74, 6) is 0. The summed E-state index contributed by atoms with van der Waals surface area (Å²) in [7, 11) is -3.61. The third-order valence-corrected chi connectivity index (χ3v) is 6.44. The summed E-state index contributed by atoms with van der Waals surface area (Å²) >= 11 is 0. The van der Waals surface area contributed by atoms with Crippen LogP contribution >= 0.6 is 0 Å². The molecule has 126 valence electrons. The van der Waals surface area contributed by atoms with Crippen molar-refractivity contribution in [1.82, 2.24) is 14.4 Å².